The first-order valence-corrected chi connectivity index (χ1v) is 11.8. The lowest BCUT2D eigenvalue weighted by molar-refractivity contribution is -0.131. The van der Waals surface area contributed by atoms with Crippen molar-refractivity contribution in [2.75, 3.05) is 7.05 Å². The fourth-order valence-electron chi connectivity index (χ4n) is 3.68. The smallest absolute Gasteiger partial charge is 0.242 e. The molecule has 0 aliphatic heterocycles. The summed E-state index contributed by atoms with van der Waals surface area (Å²) >= 11 is 0. The lowest BCUT2D eigenvalue weighted by Crippen LogP contribution is -2.29. The van der Waals surface area contributed by atoms with Gasteiger partial charge in [0.05, 0.1) is 10.6 Å². The molecule has 0 aliphatic rings. The van der Waals surface area contributed by atoms with Crippen molar-refractivity contribution in [3.63, 3.8) is 0 Å². The number of amides is 1. The van der Waals surface area contributed by atoms with Crippen LogP contribution in [-0.2, 0) is 33.5 Å². The number of likely N-dealkylation sites (N-methyl/N-ethyl adjacent to an activating group) is 1. The van der Waals surface area contributed by atoms with Gasteiger partial charge in [-0.2, -0.15) is 0 Å². The number of carbonyl (C=O) groups excluding carboxylic acids is 1. The van der Waals surface area contributed by atoms with E-state index < -0.39 is 9.84 Å². The number of sulfone groups is 1. The SMILES string of the molecule is CN(Cc1ccc(F)cc1)C(=O)Cn1cc(S(=O)(=O)Cc2ccccc2)c2ccccc21. The maximum Gasteiger partial charge on any atom is 0.242 e. The maximum absolute atomic E-state index is 13.2. The number of fused-ring (bicyclic) bond motifs is 1. The molecular weight excluding hydrogens is 427 g/mol. The molecule has 7 heteroatoms. The number of carbonyl (C=O) groups is 1. The lowest BCUT2D eigenvalue weighted by atomic mass is 10.2. The molecular formula is C25H23FN2O3S. The van der Waals surface area contributed by atoms with Crippen molar-refractivity contribution in [3.05, 3.63) is 102 Å². The van der Waals surface area contributed by atoms with Gasteiger partial charge in [-0.25, -0.2) is 12.8 Å². The van der Waals surface area contributed by atoms with Gasteiger partial charge in [-0.15, -0.1) is 0 Å². The van der Waals surface area contributed by atoms with Gasteiger partial charge in [-0.1, -0.05) is 60.7 Å². The minimum Gasteiger partial charge on any atom is -0.340 e. The van der Waals surface area contributed by atoms with Gasteiger partial charge in [-0.3, -0.25) is 4.79 Å². The maximum atomic E-state index is 13.2. The lowest BCUT2D eigenvalue weighted by Gasteiger charge is -2.18. The van der Waals surface area contributed by atoms with Crippen LogP contribution in [0.5, 0.6) is 0 Å². The van der Waals surface area contributed by atoms with Gasteiger partial charge < -0.3 is 9.47 Å². The zero-order chi connectivity index (χ0) is 22.7. The average Bonchev–Trinajstić information content (AvgIpc) is 3.15. The van der Waals surface area contributed by atoms with E-state index in [0.29, 0.717) is 23.0 Å². The zero-order valence-corrected chi connectivity index (χ0v) is 18.4. The third-order valence-corrected chi connectivity index (χ3v) is 7.06. The van der Waals surface area contributed by atoms with Crippen LogP contribution < -0.4 is 0 Å². The van der Waals surface area contributed by atoms with Crippen LogP contribution in [0.4, 0.5) is 4.39 Å². The quantitative estimate of drug-likeness (QED) is 0.419. The fourth-order valence-corrected chi connectivity index (χ4v) is 5.26. The number of nitrogens with zero attached hydrogens (tertiary/aromatic N) is 2. The monoisotopic (exact) mass is 450 g/mol. The predicted molar refractivity (Wildman–Crippen MR) is 122 cm³/mol. The molecule has 0 spiro atoms. The molecule has 3 aromatic carbocycles. The first-order valence-electron chi connectivity index (χ1n) is 10.2. The third-order valence-electron chi connectivity index (χ3n) is 5.35. The molecule has 0 saturated heterocycles. The highest BCUT2D eigenvalue weighted by atomic mass is 32.2. The number of rotatable bonds is 7. The van der Waals surface area contributed by atoms with Gasteiger partial charge in [0.2, 0.25) is 5.91 Å². The molecule has 0 bridgehead atoms. The van der Waals surface area contributed by atoms with Crippen molar-refractivity contribution in [2.24, 2.45) is 0 Å². The minimum absolute atomic E-state index is 0.000928. The summed E-state index contributed by atoms with van der Waals surface area (Å²) in [5.41, 5.74) is 2.20. The Balaban J connectivity index is 1.59. The minimum atomic E-state index is -3.61. The molecule has 1 aromatic heterocycles. The van der Waals surface area contributed by atoms with Gasteiger partial charge >= 0.3 is 0 Å². The molecule has 0 radical (unpaired) electrons. The molecule has 0 fully saturated rings. The molecule has 5 nitrogen and oxygen atoms in total. The van der Waals surface area contributed by atoms with Crippen LogP contribution in [0, 0.1) is 5.82 Å². The first-order chi connectivity index (χ1) is 15.3. The van der Waals surface area contributed by atoms with E-state index in [0.717, 1.165) is 5.56 Å². The second-order valence-electron chi connectivity index (χ2n) is 7.76. The van der Waals surface area contributed by atoms with Crippen LogP contribution in [-0.4, -0.2) is 30.8 Å². The molecule has 0 N–H and O–H groups in total. The van der Waals surface area contributed by atoms with Crippen molar-refractivity contribution in [2.45, 2.75) is 23.7 Å². The number of para-hydroxylation sites is 1. The summed E-state index contributed by atoms with van der Waals surface area (Å²) in [6.07, 6.45) is 1.55. The molecule has 1 heterocycles. The van der Waals surface area contributed by atoms with Crippen LogP contribution >= 0.6 is 0 Å². The van der Waals surface area contributed by atoms with E-state index in [4.69, 9.17) is 0 Å². The zero-order valence-electron chi connectivity index (χ0n) is 17.6. The highest BCUT2D eigenvalue weighted by molar-refractivity contribution is 7.90. The summed E-state index contributed by atoms with van der Waals surface area (Å²) in [4.78, 5) is 14.6. The molecule has 4 aromatic rings. The third kappa shape index (κ3) is 4.73. The van der Waals surface area contributed by atoms with E-state index in [9.17, 15) is 17.6 Å². The topological polar surface area (TPSA) is 59.4 Å². The van der Waals surface area contributed by atoms with Crippen molar-refractivity contribution in [3.8, 4) is 0 Å². The summed E-state index contributed by atoms with van der Waals surface area (Å²) in [5.74, 6) is -0.617. The Hall–Kier alpha value is -3.45. The molecule has 4 rings (SSSR count). The largest absolute Gasteiger partial charge is 0.340 e. The Labute approximate surface area is 186 Å². The molecule has 0 aliphatic carbocycles. The summed E-state index contributed by atoms with van der Waals surface area (Å²) in [6.45, 7) is 0.330. The van der Waals surface area contributed by atoms with Crippen molar-refractivity contribution in [1.82, 2.24) is 9.47 Å². The predicted octanol–water partition coefficient (Wildman–Crippen LogP) is 4.41. The number of hydrogen-bond donors (Lipinski definition) is 0. The highest BCUT2D eigenvalue weighted by Crippen LogP contribution is 2.28. The molecule has 0 unspecified atom stereocenters. The van der Waals surface area contributed by atoms with Gasteiger partial charge in [0.25, 0.3) is 0 Å². The Kier molecular flexibility index (Phi) is 6.10. The molecule has 164 valence electrons. The average molecular weight is 451 g/mol. The van der Waals surface area contributed by atoms with E-state index >= 15 is 0 Å². The van der Waals surface area contributed by atoms with Crippen molar-refractivity contribution >= 4 is 26.6 Å². The molecule has 32 heavy (non-hydrogen) atoms. The number of aromatic nitrogens is 1. The van der Waals surface area contributed by atoms with Crippen LogP contribution in [0.1, 0.15) is 11.1 Å². The first kappa shape index (κ1) is 21.8. The second-order valence-corrected chi connectivity index (χ2v) is 9.72. The Morgan fingerprint density at radius 1 is 0.906 bits per heavy atom. The van der Waals surface area contributed by atoms with Gasteiger partial charge in [0, 0.05) is 30.7 Å². The Bertz CT molecular complexity index is 1350. The standard InChI is InChI=1S/C25H23FN2O3S/c1-27(15-19-11-13-21(26)14-12-19)25(29)17-28-16-24(22-9-5-6-10-23(22)28)32(30,31)18-20-7-3-2-4-8-20/h2-14,16H,15,17-18H2,1H3. The number of halogens is 1. The highest BCUT2D eigenvalue weighted by Gasteiger charge is 2.23. The van der Waals surface area contributed by atoms with Crippen molar-refractivity contribution < 1.29 is 17.6 Å². The second kappa shape index (κ2) is 8.96. The fraction of sp³-hybridized carbons (Fsp3) is 0.160. The summed E-state index contributed by atoms with van der Waals surface area (Å²) in [7, 11) is -1.94. The van der Waals surface area contributed by atoms with Crippen LogP contribution in [0.3, 0.4) is 0 Å². The Morgan fingerprint density at radius 3 is 2.28 bits per heavy atom. The van der Waals surface area contributed by atoms with Gasteiger partial charge in [0.1, 0.15) is 12.4 Å². The van der Waals surface area contributed by atoms with E-state index in [1.54, 1.807) is 59.1 Å². The van der Waals surface area contributed by atoms with Crippen molar-refractivity contribution in [1.29, 1.82) is 0 Å². The molecule has 0 atom stereocenters. The summed E-state index contributed by atoms with van der Waals surface area (Å²) < 4.78 is 41.2. The molecule has 0 saturated carbocycles. The van der Waals surface area contributed by atoms with Crippen LogP contribution in [0.2, 0.25) is 0 Å². The number of hydrogen-bond acceptors (Lipinski definition) is 3. The van der Waals surface area contributed by atoms with Gasteiger partial charge in [-0.05, 0) is 29.3 Å². The summed E-state index contributed by atoms with van der Waals surface area (Å²) in [5, 5.41) is 0.595. The van der Waals surface area contributed by atoms with Gasteiger partial charge in [0.15, 0.2) is 9.84 Å². The normalized spacial score (nSPS) is 11.6. The van der Waals surface area contributed by atoms with E-state index in [2.05, 4.69) is 0 Å². The van der Waals surface area contributed by atoms with E-state index in [1.807, 2.05) is 30.3 Å². The summed E-state index contributed by atoms with van der Waals surface area (Å²) in [6, 6.07) is 22.2. The Morgan fingerprint density at radius 2 is 1.56 bits per heavy atom. The van der Waals surface area contributed by atoms with E-state index in [1.165, 1.54) is 12.1 Å². The van der Waals surface area contributed by atoms with Crippen LogP contribution in [0.25, 0.3) is 10.9 Å². The molecule has 1 amide bonds. The van der Waals surface area contributed by atoms with E-state index in [-0.39, 0.29) is 28.9 Å². The van der Waals surface area contributed by atoms with Crippen LogP contribution in [0.15, 0.2) is 90.0 Å². The number of benzene rings is 3.